The lowest BCUT2D eigenvalue weighted by molar-refractivity contribution is -0.114. The van der Waals surface area contributed by atoms with E-state index in [1.807, 2.05) is 24.3 Å². The van der Waals surface area contributed by atoms with Crippen LogP contribution in [0.3, 0.4) is 0 Å². The Morgan fingerprint density at radius 1 is 1.14 bits per heavy atom. The zero-order valence-corrected chi connectivity index (χ0v) is 12.2. The van der Waals surface area contributed by atoms with Gasteiger partial charge in [-0.3, -0.25) is 4.79 Å². The fourth-order valence-corrected chi connectivity index (χ4v) is 1.97. The fourth-order valence-electron chi connectivity index (χ4n) is 1.84. The Balaban J connectivity index is 2.26. The van der Waals surface area contributed by atoms with E-state index in [4.69, 9.17) is 11.6 Å². The van der Waals surface area contributed by atoms with E-state index in [0.29, 0.717) is 10.6 Å². The van der Waals surface area contributed by atoms with Crippen LogP contribution in [0.1, 0.15) is 18.1 Å². The number of nitrogens with one attached hydrogen (secondary N) is 1. The van der Waals surface area contributed by atoms with Crippen LogP contribution in [0.25, 0.3) is 11.6 Å². The van der Waals surface area contributed by atoms with Crippen LogP contribution >= 0.6 is 11.6 Å². The molecule has 0 spiro atoms. The number of carbonyl (C=O) groups is 1. The van der Waals surface area contributed by atoms with E-state index in [1.165, 1.54) is 6.92 Å². The van der Waals surface area contributed by atoms with E-state index in [9.17, 15) is 10.1 Å². The number of amides is 1. The first-order valence-corrected chi connectivity index (χ1v) is 6.71. The molecule has 0 aliphatic rings. The molecule has 0 aliphatic heterocycles. The smallest absolute Gasteiger partial charge is 0.221 e. The van der Waals surface area contributed by atoms with Crippen molar-refractivity contribution in [2.75, 3.05) is 5.32 Å². The van der Waals surface area contributed by atoms with Crippen LogP contribution in [-0.2, 0) is 4.79 Å². The van der Waals surface area contributed by atoms with Crippen molar-refractivity contribution >= 4 is 34.8 Å². The van der Waals surface area contributed by atoms with Gasteiger partial charge in [0.25, 0.3) is 0 Å². The summed E-state index contributed by atoms with van der Waals surface area (Å²) in [6.07, 6.45) is 1.79. The molecular weight excluding hydrogens is 284 g/mol. The molecule has 0 aromatic heterocycles. The molecule has 104 valence electrons. The highest BCUT2D eigenvalue weighted by Gasteiger charge is 2.01. The van der Waals surface area contributed by atoms with Crippen LogP contribution in [0.5, 0.6) is 0 Å². The molecule has 0 heterocycles. The number of carbonyl (C=O) groups excluding carboxylic acids is 1. The van der Waals surface area contributed by atoms with Crippen molar-refractivity contribution in [3.8, 4) is 6.07 Å². The van der Waals surface area contributed by atoms with Crippen molar-refractivity contribution in [2.24, 2.45) is 0 Å². The average Bonchev–Trinajstić information content (AvgIpc) is 2.47. The summed E-state index contributed by atoms with van der Waals surface area (Å²) in [5.41, 5.74) is 2.98. The minimum atomic E-state index is -0.114. The second-order valence-corrected chi connectivity index (χ2v) is 4.92. The minimum absolute atomic E-state index is 0.114. The summed E-state index contributed by atoms with van der Waals surface area (Å²) in [5.74, 6) is -0.114. The summed E-state index contributed by atoms with van der Waals surface area (Å²) in [6, 6.07) is 16.6. The number of benzene rings is 2. The maximum Gasteiger partial charge on any atom is 0.221 e. The third-order valence-electron chi connectivity index (χ3n) is 2.82. The first kappa shape index (κ1) is 14.8. The van der Waals surface area contributed by atoms with E-state index < -0.39 is 0 Å². The molecule has 0 aliphatic carbocycles. The van der Waals surface area contributed by atoms with E-state index in [0.717, 1.165) is 16.8 Å². The molecule has 3 nitrogen and oxygen atoms in total. The van der Waals surface area contributed by atoms with Gasteiger partial charge in [0.2, 0.25) is 5.91 Å². The molecule has 0 saturated carbocycles. The number of allylic oxidation sites excluding steroid dienone is 1. The Hall–Kier alpha value is -2.57. The van der Waals surface area contributed by atoms with Gasteiger partial charge in [0.05, 0.1) is 11.6 Å². The Kier molecular flexibility index (Phi) is 4.76. The highest BCUT2D eigenvalue weighted by atomic mass is 35.5. The number of nitrogens with zero attached hydrogens (tertiary/aromatic N) is 1. The zero-order chi connectivity index (χ0) is 15.2. The molecule has 4 heteroatoms. The fraction of sp³-hybridized carbons (Fsp3) is 0.0588. The van der Waals surface area contributed by atoms with Crippen LogP contribution in [0, 0.1) is 11.3 Å². The maximum absolute atomic E-state index is 11.0. The highest BCUT2D eigenvalue weighted by molar-refractivity contribution is 6.30. The summed E-state index contributed by atoms with van der Waals surface area (Å²) in [4.78, 5) is 11.0. The normalized spacial score (nSPS) is 10.8. The van der Waals surface area contributed by atoms with Crippen LogP contribution in [0.4, 0.5) is 5.69 Å². The standard InChI is InChI=1S/C17H13ClN2O/c1-12(21)20-17-8-2-13(3-9-17)10-15(11-19)14-4-6-16(18)7-5-14/h2-10H,1H3,(H,20,21)/b15-10-. The molecule has 2 aromatic rings. The SMILES string of the molecule is CC(=O)Nc1ccc(/C=C(/C#N)c2ccc(Cl)cc2)cc1. The summed E-state index contributed by atoms with van der Waals surface area (Å²) < 4.78 is 0. The summed E-state index contributed by atoms with van der Waals surface area (Å²) >= 11 is 5.84. The van der Waals surface area contributed by atoms with Gasteiger partial charge in [-0.1, -0.05) is 35.9 Å². The minimum Gasteiger partial charge on any atom is -0.326 e. The zero-order valence-electron chi connectivity index (χ0n) is 11.4. The number of hydrogen-bond acceptors (Lipinski definition) is 2. The van der Waals surface area contributed by atoms with Gasteiger partial charge in [-0.15, -0.1) is 0 Å². The molecular formula is C17H13ClN2O. The molecule has 0 saturated heterocycles. The summed E-state index contributed by atoms with van der Waals surface area (Å²) in [5, 5.41) is 12.6. The van der Waals surface area contributed by atoms with Crippen LogP contribution in [-0.4, -0.2) is 5.91 Å². The van der Waals surface area contributed by atoms with Gasteiger partial charge in [-0.25, -0.2) is 0 Å². The molecule has 2 aromatic carbocycles. The molecule has 0 unspecified atom stereocenters. The lowest BCUT2D eigenvalue weighted by atomic mass is 10.0. The van der Waals surface area contributed by atoms with Crippen molar-refractivity contribution < 1.29 is 4.79 Å². The maximum atomic E-state index is 11.0. The lowest BCUT2D eigenvalue weighted by Crippen LogP contribution is -2.05. The Morgan fingerprint density at radius 3 is 2.29 bits per heavy atom. The first-order chi connectivity index (χ1) is 10.1. The Morgan fingerprint density at radius 2 is 1.76 bits per heavy atom. The van der Waals surface area contributed by atoms with Crippen molar-refractivity contribution in [2.45, 2.75) is 6.92 Å². The number of anilines is 1. The molecule has 0 radical (unpaired) electrons. The van der Waals surface area contributed by atoms with Crippen LogP contribution in [0.15, 0.2) is 48.5 Å². The van der Waals surface area contributed by atoms with Gasteiger partial charge in [0.15, 0.2) is 0 Å². The number of hydrogen-bond donors (Lipinski definition) is 1. The number of nitriles is 1. The molecule has 1 N–H and O–H groups in total. The molecule has 2 rings (SSSR count). The molecule has 21 heavy (non-hydrogen) atoms. The Bertz CT molecular complexity index is 710. The third-order valence-corrected chi connectivity index (χ3v) is 3.07. The van der Waals surface area contributed by atoms with Crippen molar-refractivity contribution in [3.05, 3.63) is 64.7 Å². The Labute approximate surface area is 128 Å². The van der Waals surface area contributed by atoms with E-state index >= 15 is 0 Å². The topological polar surface area (TPSA) is 52.9 Å². The van der Waals surface area contributed by atoms with Gasteiger partial charge < -0.3 is 5.32 Å². The summed E-state index contributed by atoms with van der Waals surface area (Å²) in [7, 11) is 0. The average molecular weight is 297 g/mol. The van der Waals surface area contributed by atoms with E-state index in [-0.39, 0.29) is 5.91 Å². The van der Waals surface area contributed by atoms with E-state index in [1.54, 1.807) is 30.3 Å². The first-order valence-electron chi connectivity index (χ1n) is 6.34. The van der Waals surface area contributed by atoms with E-state index in [2.05, 4.69) is 11.4 Å². The van der Waals surface area contributed by atoms with Gasteiger partial charge in [0.1, 0.15) is 0 Å². The predicted octanol–water partition coefficient (Wildman–Crippen LogP) is 4.36. The molecule has 0 atom stereocenters. The monoisotopic (exact) mass is 296 g/mol. The van der Waals surface area contributed by atoms with Crippen LogP contribution in [0.2, 0.25) is 5.02 Å². The molecule has 0 bridgehead atoms. The number of rotatable bonds is 3. The van der Waals surface area contributed by atoms with Gasteiger partial charge in [-0.2, -0.15) is 5.26 Å². The highest BCUT2D eigenvalue weighted by Crippen LogP contribution is 2.20. The molecule has 0 fully saturated rings. The van der Waals surface area contributed by atoms with Gasteiger partial charge in [-0.05, 0) is 41.5 Å². The van der Waals surface area contributed by atoms with Crippen molar-refractivity contribution in [1.82, 2.24) is 0 Å². The van der Waals surface area contributed by atoms with Crippen molar-refractivity contribution in [1.29, 1.82) is 5.26 Å². The lowest BCUT2D eigenvalue weighted by Gasteiger charge is -2.03. The predicted molar refractivity (Wildman–Crippen MR) is 85.7 cm³/mol. The van der Waals surface area contributed by atoms with Crippen molar-refractivity contribution in [3.63, 3.8) is 0 Å². The second-order valence-electron chi connectivity index (χ2n) is 4.48. The van der Waals surface area contributed by atoms with Gasteiger partial charge in [0, 0.05) is 17.6 Å². The molecule has 1 amide bonds. The quantitative estimate of drug-likeness (QED) is 0.675. The summed E-state index contributed by atoms with van der Waals surface area (Å²) in [6.45, 7) is 1.46. The third kappa shape index (κ3) is 4.20. The largest absolute Gasteiger partial charge is 0.326 e. The van der Waals surface area contributed by atoms with Crippen LogP contribution < -0.4 is 5.32 Å². The van der Waals surface area contributed by atoms with Gasteiger partial charge >= 0.3 is 0 Å². The second kappa shape index (κ2) is 6.74. The number of halogens is 1.